The molecule has 1 atom stereocenters. The van der Waals surface area contributed by atoms with Gasteiger partial charge in [0.25, 0.3) is 0 Å². The molecular weight excluding hydrogens is 172 g/mol. The second kappa shape index (κ2) is 3.51. The van der Waals surface area contributed by atoms with Gasteiger partial charge in [-0.05, 0) is 19.8 Å². The molecular formula is C8H16N2O3. The molecule has 1 amide bonds. The Morgan fingerprint density at radius 2 is 2.00 bits per heavy atom. The number of rotatable bonds is 1. The first kappa shape index (κ1) is 10.3. The van der Waals surface area contributed by atoms with Crippen molar-refractivity contribution in [2.24, 2.45) is 5.73 Å². The highest BCUT2D eigenvalue weighted by molar-refractivity contribution is 5.65. The molecule has 1 fully saturated rings. The van der Waals surface area contributed by atoms with E-state index in [-0.39, 0.29) is 6.04 Å². The monoisotopic (exact) mass is 188 g/mol. The zero-order valence-electron chi connectivity index (χ0n) is 7.73. The molecule has 0 saturated carbocycles. The fourth-order valence-corrected chi connectivity index (χ4v) is 1.54. The van der Waals surface area contributed by atoms with Crippen molar-refractivity contribution in [3.63, 3.8) is 0 Å². The Morgan fingerprint density at radius 1 is 1.54 bits per heavy atom. The van der Waals surface area contributed by atoms with Gasteiger partial charge in [-0.3, -0.25) is 0 Å². The van der Waals surface area contributed by atoms with Crippen molar-refractivity contribution in [2.45, 2.75) is 31.4 Å². The number of likely N-dealkylation sites (tertiary alicyclic amines) is 1. The Hall–Kier alpha value is -0.810. The Kier molecular flexibility index (Phi) is 2.77. The van der Waals surface area contributed by atoms with Crippen molar-refractivity contribution in [2.75, 3.05) is 13.1 Å². The maximum atomic E-state index is 10.5. The van der Waals surface area contributed by atoms with Crippen LogP contribution in [0, 0.1) is 0 Å². The summed E-state index contributed by atoms with van der Waals surface area (Å²) in [4.78, 5) is 11.9. The molecule has 1 unspecified atom stereocenters. The van der Waals surface area contributed by atoms with Crippen molar-refractivity contribution in [1.82, 2.24) is 4.90 Å². The van der Waals surface area contributed by atoms with Gasteiger partial charge in [0.1, 0.15) is 0 Å². The minimum Gasteiger partial charge on any atom is -0.465 e. The van der Waals surface area contributed by atoms with Gasteiger partial charge in [0.15, 0.2) is 0 Å². The Labute approximate surface area is 77.1 Å². The number of hydrogen-bond donors (Lipinski definition) is 3. The predicted octanol–water partition coefficient (Wildman–Crippen LogP) is -0.162. The van der Waals surface area contributed by atoms with Crippen molar-refractivity contribution in [3.05, 3.63) is 0 Å². The smallest absolute Gasteiger partial charge is 0.407 e. The molecule has 0 aromatic carbocycles. The zero-order chi connectivity index (χ0) is 10.1. The number of hydrogen-bond acceptors (Lipinski definition) is 3. The molecule has 0 aliphatic carbocycles. The van der Waals surface area contributed by atoms with Crippen LogP contribution < -0.4 is 5.73 Å². The largest absolute Gasteiger partial charge is 0.465 e. The van der Waals surface area contributed by atoms with E-state index in [2.05, 4.69) is 0 Å². The summed E-state index contributed by atoms with van der Waals surface area (Å²) in [5.41, 5.74) is 4.72. The molecule has 0 aromatic rings. The number of aliphatic hydroxyl groups is 1. The van der Waals surface area contributed by atoms with E-state index in [1.54, 1.807) is 6.92 Å². The lowest BCUT2D eigenvalue weighted by Crippen LogP contribution is -2.54. The highest BCUT2D eigenvalue weighted by atomic mass is 16.4. The lowest BCUT2D eigenvalue weighted by molar-refractivity contribution is -0.0322. The zero-order valence-corrected chi connectivity index (χ0v) is 7.73. The van der Waals surface area contributed by atoms with E-state index in [0.29, 0.717) is 25.9 Å². The second-order valence-electron chi connectivity index (χ2n) is 3.66. The number of nitrogens with zero attached hydrogens (tertiary/aromatic N) is 1. The average Bonchev–Trinajstić information content (AvgIpc) is 2.04. The summed E-state index contributed by atoms with van der Waals surface area (Å²) in [6.45, 7) is 2.48. The summed E-state index contributed by atoms with van der Waals surface area (Å²) in [6.07, 6.45) is -0.0692. The molecule has 1 aliphatic heterocycles. The van der Waals surface area contributed by atoms with Crippen LogP contribution in [0.2, 0.25) is 0 Å². The molecule has 13 heavy (non-hydrogen) atoms. The van der Waals surface area contributed by atoms with Crippen LogP contribution >= 0.6 is 0 Å². The van der Waals surface area contributed by atoms with Gasteiger partial charge >= 0.3 is 6.09 Å². The van der Waals surface area contributed by atoms with Gasteiger partial charge in [-0.1, -0.05) is 0 Å². The number of nitrogens with two attached hydrogens (primary N) is 1. The molecule has 0 bridgehead atoms. The maximum absolute atomic E-state index is 10.5. The topological polar surface area (TPSA) is 86.8 Å². The summed E-state index contributed by atoms with van der Waals surface area (Å²) in [6, 6.07) is -0.302. The molecule has 1 rings (SSSR count). The second-order valence-corrected chi connectivity index (χ2v) is 3.66. The van der Waals surface area contributed by atoms with Crippen LogP contribution in [0.25, 0.3) is 0 Å². The van der Waals surface area contributed by atoms with Crippen LogP contribution in [0.15, 0.2) is 0 Å². The van der Waals surface area contributed by atoms with E-state index in [9.17, 15) is 9.90 Å². The summed E-state index contributed by atoms with van der Waals surface area (Å²) >= 11 is 0. The van der Waals surface area contributed by atoms with Crippen LogP contribution in [-0.4, -0.2) is 45.9 Å². The molecule has 76 valence electrons. The number of carboxylic acid groups (broad SMARTS) is 1. The van der Waals surface area contributed by atoms with Crippen molar-refractivity contribution < 1.29 is 15.0 Å². The summed E-state index contributed by atoms with van der Waals surface area (Å²) in [7, 11) is 0. The minimum absolute atomic E-state index is 0.302. The highest BCUT2D eigenvalue weighted by Gasteiger charge is 2.36. The van der Waals surface area contributed by atoms with Crippen LogP contribution in [0.3, 0.4) is 0 Å². The standard InChI is InChI=1S/C8H16N2O3/c1-6(9)8(13)2-4-10(5-3-8)7(11)12/h6,13H,2-5,9H2,1H3,(H,11,12). The van der Waals surface area contributed by atoms with Crippen LogP contribution in [0.1, 0.15) is 19.8 Å². The number of amides is 1. The summed E-state index contributed by atoms with van der Waals surface area (Å²) in [5.74, 6) is 0. The first-order chi connectivity index (χ1) is 5.96. The van der Waals surface area contributed by atoms with E-state index in [4.69, 9.17) is 10.8 Å². The van der Waals surface area contributed by atoms with Gasteiger partial charge in [0.2, 0.25) is 0 Å². The fraction of sp³-hybridized carbons (Fsp3) is 0.875. The number of piperidine rings is 1. The molecule has 4 N–H and O–H groups in total. The van der Waals surface area contributed by atoms with Crippen molar-refractivity contribution in [1.29, 1.82) is 0 Å². The van der Waals surface area contributed by atoms with Crippen molar-refractivity contribution in [3.8, 4) is 0 Å². The lowest BCUT2D eigenvalue weighted by Gasteiger charge is -2.39. The molecule has 5 heteroatoms. The fourth-order valence-electron chi connectivity index (χ4n) is 1.54. The van der Waals surface area contributed by atoms with E-state index < -0.39 is 11.7 Å². The molecule has 1 heterocycles. The van der Waals surface area contributed by atoms with Gasteiger partial charge in [-0.25, -0.2) is 4.79 Å². The summed E-state index contributed by atoms with van der Waals surface area (Å²) in [5, 5.41) is 18.6. The maximum Gasteiger partial charge on any atom is 0.407 e. The molecule has 1 saturated heterocycles. The van der Waals surface area contributed by atoms with Crippen LogP contribution in [-0.2, 0) is 0 Å². The SMILES string of the molecule is CC(N)C1(O)CCN(C(=O)O)CC1. The minimum atomic E-state index is -0.924. The third-order valence-corrected chi connectivity index (χ3v) is 2.75. The van der Waals surface area contributed by atoms with Gasteiger partial charge in [0.05, 0.1) is 5.60 Å². The van der Waals surface area contributed by atoms with E-state index >= 15 is 0 Å². The Bertz CT molecular complexity index is 198. The van der Waals surface area contributed by atoms with E-state index in [1.807, 2.05) is 0 Å². The molecule has 5 nitrogen and oxygen atoms in total. The van der Waals surface area contributed by atoms with E-state index in [0.717, 1.165) is 0 Å². The third kappa shape index (κ3) is 2.10. The first-order valence-electron chi connectivity index (χ1n) is 4.41. The quantitative estimate of drug-likeness (QED) is 0.533. The lowest BCUT2D eigenvalue weighted by atomic mass is 9.86. The molecule has 0 aromatic heterocycles. The Balaban J connectivity index is 2.51. The normalized spacial score (nSPS) is 24.1. The van der Waals surface area contributed by atoms with E-state index in [1.165, 1.54) is 4.90 Å². The predicted molar refractivity (Wildman–Crippen MR) is 47.4 cm³/mol. The van der Waals surface area contributed by atoms with Gasteiger partial charge in [0, 0.05) is 19.1 Å². The van der Waals surface area contributed by atoms with Gasteiger partial charge < -0.3 is 20.8 Å². The summed E-state index contributed by atoms with van der Waals surface area (Å²) < 4.78 is 0. The first-order valence-corrected chi connectivity index (χ1v) is 4.41. The van der Waals surface area contributed by atoms with Crippen LogP contribution in [0.4, 0.5) is 4.79 Å². The van der Waals surface area contributed by atoms with Crippen LogP contribution in [0.5, 0.6) is 0 Å². The Morgan fingerprint density at radius 3 is 2.31 bits per heavy atom. The third-order valence-electron chi connectivity index (χ3n) is 2.75. The molecule has 1 aliphatic rings. The van der Waals surface area contributed by atoms with Gasteiger partial charge in [-0.15, -0.1) is 0 Å². The molecule has 0 radical (unpaired) electrons. The molecule has 0 spiro atoms. The average molecular weight is 188 g/mol. The van der Waals surface area contributed by atoms with Crippen molar-refractivity contribution >= 4 is 6.09 Å². The van der Waals surface area contributed by atoms with Gasteiger partial charge in [-0.2, -0.15) is 0 Å². The highest BCUT2D eigenvalue weighted by Crippen LogP contribution is 2.24. The number of carbonyl (C=O) groups is 1.